The quantitative estimate of drug-likeness (QED) is 0.637. The molecule has 0 radical (unpaired) electrons. The summed E-state index contributed by atoms with van der Waals surface area (Å²) in [5.74, 6) is 0.0768. The zero-order valence-electron chi connectivity index (χ0n) is 11.3. The Morgan fingerprint density at radius 2 is 1.75 bits per heavy atom. The molecule has 0 aromatic carbocycles. The summed E-state index contributed by atoms with van der Waals surface area (Å²) in [7, 11) is 0. The molecule has 2 unspecified atom stereocenters. The molecule has 0 bridgehead atoms. The van der Waals surface area contributed by atoms with Crippen LogP contribution in [0.3, 0.4) is 0 Å². The van der Waals surface area contributed by atoms with Gasteiger partial charge in [-0.05, 0) is 18.3 Å². The summed E-state index contributed by atoms with van der Waals surface area (Å²) in [6, 6.07) is 0. The van der Waals surface area contributed by atoms with Crippen LogP contribution in [0.2, 0.25) is 0 Å². The number of carboxylic acid groups (broad SMARTS) is 1. The second-order valence-corrected chi connectivity index (χ2v) is 5.22. The van der Waals surface area contributed by atoms with E-state index in [2.05, 4.69) is 13.8 Å². The molecule has 0 spiro atoms. The maximum Gasteiger partial charge on any atom is 0.306 e. The van der Waals surface area contributed by atoms with Crippen LogP contribution in [0.25, 0.3) is 0 Å². The van der Waals surface area contributed by atoms with Gasteiger partial charge in [0.2, 0.25) is 0 Å². The van der Waals surface area contributed by atoms with E-state index >= 15 is 0 Å². The van der Waals surface area contributed by atoms with Gasteiger partial charge in [-0.25, -0.2) is 0 Å². The molecular weight excluding hydrogens is 200 g/mol. The summed E-state index contributed by atoms with van der Waals surface area (Å²) in [5, 5.41) is 9.19. The van der Waals surface area contributed by atoms with Crippen molar-refractivity contribution < 1.29 is 9.90 Å². The van der Waals surface area contributed by atoms with Gasteiger partial charge in [0.15, 0.2) is 0 Å². The van der Waals surface area contributed by atoms with E-state index in [0.717, 1.165) is 6.42 Å². The van der Waals surface area contributed by atoms with Gasteiger partial charge in [0.05, 0.1) is 5.92 Å². The van der Waals surface area contributed by atoms with Gasteiger partial charge in [0.25, 0.3) is 0 Å². The zero-order valence-corrected chi connectivity index (χ0v) is 11.3. The van der Waals surface area contributed by atoms with Crippen molar-refractivity contribution in [3.05, 3.63) is 0 Å². The largest absolute Gasteiger partial charge is 0.481 e. The van der Waals surface area contributed by atoms with Gasteiger partial charge < -0.3 is 5.11 Å². The number of carboxylic acids is 1. The highest BCUT2D eigenvalue weighted by Crippen LogP contribution is 2.27. The Kier molecular flexibility index (Phi) is 8.32. The van der Waals surface area contributed by atoms with Crippen molar-refractivity contribution in [2.24, 2.45) is 17.8 Å². The average molecular weight is 228 g/mol. The lowest BCUT2D eigenvalue weighted by Crippen LogP contribution is -2.23. The van der Waals surface area contributed by atoms with E-state index in [1.807, 2.05) is 13.8 Å². The molecule has 0 aliphatic rings. The van der Waals surface area contributed by atoms with Crippen molar-refractivity contribution in [2.45, 2.75) is 66.2 Å². The van der Waals surface area contributed by atoms with E-state index in [-0.39, 0.29) is 11.8 Å². The minimum Gasteiger partial charge on any atom is -0.481 e. The predicted octanol–water partition coefficient (Wildman–Crippen LogP) is 4.34. The summed E-state index contributed by atoms with van der Waals surface area (Å²) in [6.45, 7) is 8.41. The van der Waals surface area contributed by atoms with Gasteiger partial charge in [-0.15, -0.1) is 0 Å². The lowest BCUT2D eigenvalue weighted by atomic mass is 9.82. The number of unbranched alkanes of at least 4 members (excludes halogenated alkanes) is 1. The predicted molar refractivity (Wildman–Crippen MR) is 68.5 cm³/mol. The molecule has 0 aliphatic carbocycles. The fraction of sp³-hybridized carbons (Fsp3) is 0.929. The first-order valence-corrected chi connectivity index (χ1v) is 6.75. The zero-order chi connectivity index (χ0) is 12.6. The van der Waals surface area contributed by atoms with Gasteiger partial charge in [-0.1, -0.05) is 59.8 Å². The first kappa shape index (κ1) is 15.5. The summed E-state index contributed by atoms with van der Waals surface area (Å²) in [4.78, 5) is 11.2. The lowest BCUT2D eigenvalue weighted by Gasteiger charge is -2.23. The molecule has 96 valence electrons. The Morgan fingerprint density at radius 1 is 1.12 bits per heavy atom. The molecule has 0 aliphatic heterocycles. The standard InChI is InChI=1S/C14H28O2/c1-5-7-9-12(8-6-2)10-13(11(3)4)14(15)16/h11-13H,5-10H2,1-4H3,(H,15,16). The fourth-order valence-electron chi connectivity index (χ4n) is 2.30. The summed E-state index contributed by atoms with van der Waals surface area (Å²) >= 11 is 0. The van der Waals surface area contributed by atoms with Crippen LogP contribution in [0, 0.1) is 17.8 Å². The van der Waals surface area contributed by atoms with Crippen LogP contribution in [0.5, 0.6) is 0 Å². The Labute approximate surface area is 100 Å². The van der Waals surface area contributed by atoms with Gasteiger partial charge >= 0.3 is 5.97 Å². The molecule has 16 heavy (non-hydrogen) atoms. The third-order valence-electron chi connectivity index (χ3n) is 3.37. The molecule has 2 heteroatoms. The van der Waals surface area contributed by atoms with Crippen LogP contribution >= 0.6 is 0 Å². The van der Waals surface area contributed by atoms with Crippen LogP contribution in [-0.2, 0) is 4.79 Å². The Morgan fingerprint density at radius 3 is 2.12 bits per heavy atom. The Hall–Kier alpha value is -0.530. The Bertz CT molecular complexity index is 187. The highest BCUT2D eigenvalue weighted by atomic mass is 16.4. The van der Waals surface area contributed by atoms with Crippen LogP contribution in [-0.4, -0.2) is 11.1 Å². The maximum absolute atomic E-state index is 11.2. The lowest BCUT2D eigenvalue weighted by molar-refractivity contribution is -0.144. The van der Waals surface area contributed by atoms with Gasteiger partial charge in [-0.3, -0.25) is 4.79 Å². The van der Waals surface area contributed by atoms with Crippen molar-refractivity contribution in [1.82, 2.24) is 0 Å². The van der Waals surface area contributed by atoms with E-state index in [1.165, 1.54) is 32.1 Å². The third kappa shape index (κ3) is 6.14. The smallest absolute Gasteiger partial charge is 0.306 e. The van der Waals surface area contributed by atoms with E-state index < -0.39 is 5.97 Å². The van der Waals surface area contributed by atoms with Crippen LogP contribution in [0.15, 0.2) is 0 Å². The number of rotatable bonds is 9. The van der Waals surface area contributed by atoms with Crippen molar-refractivity contribution in [2.75, 3.05) is 0 Å². The van der Waals surface area contributed by atoms with E-state index in [9.17, 15) is 9.90 Å². The van der Waals surface area contributed by atoms with Crippen LogP contribution < -0.4 is 0 Å². The minimum absolute atomic E-state index is 0.159. The van der Waals surface area contributed by atoms with Crippen molar-refractivity contribution in [3.63, 3.8) is 0 Å². The number of aliphatic carboxylic acids is 1. The number of hydrogen-bond donors (Lipinski definition) is 1. The molecule has 2 nitrogen and oxygen atoms in total. The number of carbonyl (C=O) groups is 1. The SMILES string of the molecule is CCCCC(CCC)CC(C(=O)O)C(C)C. The normalized spacial score (nSPS) is 15.1. The molecule has 2 atom stereocenters. The molecular formula is C14H28O2. The van der Waals surface area contributed by atoms with Gasteiger partial charge in [0.1, 0.15) is 0 Å². The first-order chi connectivity index (χ1) is 7.52. The molecule has 0 amide bonds. The van der Waals surface area contributed by atoms with E-state index in [1.54, 1.807) is 0 Å². The van der Waals surface area contributed by atoms with Crippen molar-refractivity contribution in [3.8, 4) is 0 Å². The Balaban J connectivity index is 4.26. The first-order valence-electron chi connectivity index (χ1n) is 6.75. The van der Waals surface area contributed by atoms with Crippen LogP contribution in [0.4, 0.5) is 0 Å². The van der Waals surface area contributed by atoms with Crippen molar-refractivity contribution in [1.29, 1.82) is 0 Å². The summed E-state index contributed by atoms with van der Waals surface area (Å²) < 4.78 is 0. The molecule has 0 rings (SSSR count). The highest BCUT2D eigenvalue weighted by Gasteiger charge is 2.24. The second-order valence-electron chi connectivity index (χ2n) is 5.22. The molecule has 0 fully saturated rings. The topological polar surface area (TPSA) is 37.3 Å². The molecule has 0 aromatic rings. The van der Waals surface area contributed by atoms with Gasteiger partial charge in [-0.2, -0.15) is 0 Å². The molecule has 0 aromatic heterocycles. The fourth-order valence-corrected chi connectivity index (χ4v) is 2.30. The minimum atomic E-state index is -0.618. The monoisotopic (exact) mass is 228 g/mol. The average Bonchev–Trinajstić information content (AvgIpc) is 2.21. The highest BCUT2D eigenvalue weighted by molar-refractivity contribution is 5.70. The molecule has 0 heterocycles. The third-order valence-corrected chi connectivity index (χ3v) is 3.37. The summed E-state index contributed by atoms with van der Waals surface area (Å²) in [6.07, 6.45) is 6.84. The van der Waals surface area contributed by atoms with Crippen LogP contribution in [0.1, 0.15) is 66.2 Å². The molecule has 1 N–H and O–H groups in total. The number of hydrogen-bond acceptors (Lipinski definition) is 1. The maximum atomic E-state index is 11.2. The van der Waals surface area contributed by atoms with Crippen molar-refractivity contribution >= 4 is 5.97 Å². The molecule has 0 saturated carbocycles. The second kappa shape index (κ2) is 8.60. The molecule has 0 saturated heterocycles. The van der Waals surface area contributed by atoms with Gasteiger partial charge in [0, 0.05) is 0 Å². The van der Waals surface area contributed by atoms with E-state index in [4.69, 9.17) is 0 Å². The van der Waals surface area contributed by atoms with E-state index in [0.29, 0.717) is 5.92 Å². The summed E-state index contributed by atoms with van der Waals surface area (Å²) in [5.41, 5.74) is 0.